The molecule has 6 heteroatoms. The quantitative estimate of drug-likeness (QED) is 0.679. The summed E-state index contributed by atoms with van der Waals surface area (Å²) in [6, 6.07) is 7.04. The number of ether oxygens (including phenoxy) is 1. The van der Waals surface area contributed by atoms with Crippen LogP contribution in [-0.2, 0) is 14.3 Å². The lowest BCUT2D eigenvalue weighted by Gasteiger charge is -2.31. The number of thioether (sulfide) groups is 1. The van der Waals surface area contributed by atoms with Gasteiger partial charge in [0.1, 0.15) is 11.4 Å². The third-order valence-corrected chi connectivity index (χ3v) is 6.61. The Morgan fingerprint density at radius 1 is 1.27 bits per heavy atom. The van der Waals surface area contributed by atoms with Gasteiger partial charge in [-0.2, -0.15) is 0 Å². The minimum absolute atomic E-state index is 0.0130. The average molecular weight is 396 g/mol. The standard InChI is InChI=1S/C20H26ClNO3S/c1-13(2)11-25-20(24)17-12-26-19(15-9-5-6-10-16(15)21)22(17)18(23)14-7-3-4-8-14/h5-6,9-10,13-14,17,19H,3-4,7-8,11-12H2,1-2H3/t17-,19-/m1/s1. The maximum Gasteiger partial charge on any atom is 0.329 e. The Hall–Kier alpha value is -1.20. The fourth-order valence-corrected chi connectivity index (χ4v) is 5.36. The number of halogens is 1. The molecule has 2 aliphatic rings. The summed E-state index contributed by atoms with van der Waals surface area (Å²) in [5.74, 6) is 0.604. The van der Waals surface area contributed by atoms with Crippen LogP contribution in [0.2, 0.25) is 5.02 Å². The van der Waals surface area contributed by atoms with Gasteiger partial charge in [0.2, 0.25) is 5.91 Å². The van der Waals surface area contributed by atoms with E-state index >= 15 is 0 Å². The fourth-order valence-electron chi connectivity index (χ4n) is 3.60. The molecule has 1 aromatic carbocycles. The van der Waals surface area contributed by atoms with Crippen molar-refractivity contribution < 1.29 is 14.3 Å². The van der Waals surface area contributed by atoms with Crippen LogP contribution >= 0.6 is 23.4 Å². The Kier molecular flexibility index (Phi) is 6.51. The zero-order chi connectivity index (χ0) is 18.7. The summed E-state index contributed by atoms with van der Waals surface area (Å²) in [5, 5.41) is 0.402. The first kappa shape index (κ1) is 19.6. The van der Waals surface area contributed by atoms with Crippen molar-refractivity contribution in [1.82, 2.24) is 4.90 Å². The van der Waals surface area contributed by atoms with Crippen molar-refractivity contribution in [3.05, 3.63) is 34.9 Å². The number of rotatable bonds is 5. The highest BCUT2D eigenvalue weighted by molar-refractivity contribution is 7.99. The molecule has 3 rings (SSSR count). The SMILES string of the molecule is CC(C)COC(=O)[C@H]1CS[C@H](c2ccccc2Cl)N1C(=O)C1CCCC1. The molecule has 1 aliphatic carbocycles. The Bertz CT molecular complexity index is 660. The first-order valence-corrected chi connectivity index (χ1v) is 10.8. The van der Waals surface area contributed by atoms with Crippen molar-refractivity contribution in [1.29, 1.82) is 0 Å². The van der Waals surface area contributed by atoms with Crippen LogP contribution in [0.4, 0.5) is 0 Å². The molecule has 0 spiro atoms. The molecule has 2 atom stereocenters. The van der Waals surface area contributed by atoms with Gasteiger partial charge in [-0.25, -0.2) is 4.79 Å². The number of hydrogen-bond donors (Lipinski definition) is 0. The monoisotopic (exact) mass is 395 g/mol. The van der Waals surface area contributed by atoms with Crippen molar-refractivity contribution in [3.63, 3.8) is 0 Å². The van der Waals surface area contributed by atoms with E-state index in [1.165, 1.54) is 0 Å². The van der Waals surface area contributed by atoms with Crippen LogP contribution in [0.15, 0.2) is 24.3 Å². The molecule has 1 aromatic rings. The Morgan fingerprint density at radius 3 is 2.62 bits per heavy atom. The second-order valence-corrected chi connectivity index (χ2v) is 8.99. The number of carbonyl (C=O) groups excluding carboxylic acids is 2. The molecule has 0 aromatic heterocycles. The minimum Gasteiger partial charge on any atom is -0.464 e. The Morgan fingerprint density at radius 2 is 1.96 bits per heavy atom. The molecule has 1 saturated carbocycles. The summed E-state index contributed by atoms with van der Waals surface area (Å²) in [6.07, 6.45) is 3.97. The third-order valence-electron chi connectivity index (χ3n) is 4.96. The molecule has 1 aliphatic heterocycles. The van der Waals surface area contributed by atoms with E-state index in [-0.39, 0.29) is 29.1 Å². The molecule has 2 fully saturated rings. The largest absolute Gasteiger partial charge is 0.464 e. The third kappa shape index (κ3) is 4.20. The van der Waals surface area contributed by atoms with Gasteiger partial charge in [0.15, 0.2) is 0 Å². The second kappa shape index (κ2) is 8.66. The molecule has 142 valence electrons. The summed E-state index contributed by atoms with van der Waals surface area (Å²) < 4.78 is 5.47. The van der Waals surface area contributed by atoms with Gasteiger partial charge < -0.3 is 9.64 Å². The zero-order valence-electron chi connectivity index (χ0n) is 15.3. The molecule has 0 unspecified atom stereocenters. The number of esters is 1. The highest BCUT2D eigenvalue weighted by Crippen LogP contribution is 2.45. The lowest BCUT2D eigenvalue weighted by molar-refractivity contribution is -0.156. The maximum atomic E-state index is 13.3. The summed E-state index contributed by atoms with van der Waals surface area (Å²) in [4.78, 5) is 27.7. The smallest absolute Gasteiger partial charge is 0.329 e. The van der Waals surface area contributed by atoms with Crippen LogP contribution < -0.4 is 0 Å². The van der Waals surface area contributed by atoms with E-state index < -0.39 is 6.04 Å². The van der Waals surface area contributed by atoms with Gasteiger partial charge in [-0.3, -0.25) is 4.79 Å². The fraction of sp³-hybridized carbons (Fsp3) is 0.600. The molecular formula is C20H26ClNO3S. The number of hydrogen-bond acceptors (Lipinski definition) is 4. The first-order valence-electron chi connectivity index (χ1n) is 9.34. The predicted molar refractivity (Wildman–Crippen MR) is 105 cm³/mol. The molecule has 4 nitrogen and oxygen atoms in total. The van der Waals surface area contributed by atoms with Crippen molar-refractivity contribution >= 4 is 35.2 Å². The van der Waals surface area contributed by atoms with Gasteiger partial charge in [-0.05, 0) is 24.8 Å². The van der Waals surface area contributed by atoms with Crippen LogP contribution in [0.3, 0.4) is 0 Å². The van der Waals surface area contributed by atoms with Gasteiger partial charge in [0, 0.05) is 22.3 Å². The van der Waals surface area contributed by atoms with E-state index in [2.05, 4.69) is 0 Å². The summed E-state index contributed by atoms with van der Waals surface area (Å²) in [5.41, 5.74) is 0.893. The normalized spacial score (nSPS) is 23.6. The summed E-state index contributed by atoms with van der Waals surface area (Å²) in [6.45, 7) is 4.39. The van der Waals surface area contributed by atoms with E-state index in [1.54, 1.807) is 16.7 Å². The number of amides is 1. The van der Waals surface area contributed by atoms with E-state index in [4.69, 9.17) is 16.3 Å². The zero-order valence-corrected chi connectivity index (χ0v) is 16.9. The first-order chi connectivity index (χ1) is 12.5. The summed E-state index contributed by atoms with van der Waals surface area (Å²) >= 11 is 7.99. The summed E-state index contributed by atoms with van der Waals surface area (Å²) in [7, 11) is 0. The van der Waals surface area contributed by atoms with Crippen LogP contribution in [-0.4, -0.2) is 35.2 Å². The lowest BCUT2D eigenvalue weighted by Crippen LogP contribution is -2.46. The van der Waals surface area contributed by atoms with E-state index in [0.717, 1.165) is 31.2 Å². The van der Waals surface area contributed by atoms with E-state index in [0.29, 0.717) is 17.4 Å². The number of nitrogens with zero attached hydrogens (tertiary/aromatic N) is 1. The topological polar surface area (TPSA) is 46.6 Å². The molecule has 0 N–H and O–H groups in total. The van der Waals surface area contributed by atoms with E-state index in [1.807, 2.05) is 38.1 Å². The minimum atomic E-state index is -0.534. The molecule has 1 heterocycles. The molecule has 0 bridgehead atoms. The van der Waals surface area contributed by atoms with Gasteiger partial charge in [-0.15, -0.1) is 11.8 Å². The Labute approximate surface area is 164 Å². The highest BCUT2D eigenvalue weighted by atomic mass is 35.5. The molecule has 26 heavy (non-hydrogen) atoms. The predicted octanol–water partition coefficient (Wildman–Crippen LogP) is 4.67. The van der Waals surface area contributed by atoms with Gasteiger partial charge in [0.05, 0.1) is 6.61 Å². The second-order valence-electron chi connectivity index (χ2n) is 7.47. The molecule has 0 radical (unpaired) electrons. The van der Waals surface area contributed by atoms with Crippen LogP contribution in [0.25, 0.3) is 0 Å². The van der Waals surface area contributed by atoms with Crippen molar-refractivity contribution in [2.45, 2.75) is 50.9 Å². The highest BCUT2D eigenvalue weighted by Gasteiger charge is 2.45. The van der Waals surface area contributed by atoms with Crippen LogP contribution in [0.5, 0.6) is 0 Å². The average Bonchev–Trinajstić information content (AvgIpc) is 3.29. The van der Waals surface area contributed by atoms with Gasteiger partial charge in [0.25, 0.3) is 0 Å². The lowest BCUT2D eigenvalue weighted by atomic mass is 10.0. The molecular weight excluding hydrogens is 370 g/mol. The Balaban J connectivity index is 1.86. The molecule has 1 amide bonds. The maximum absolute atomic E-state index is 13.3. The van der Waals surface area contributed by atoms with Crippen LogP contribution in [0, 0.1) is 11.8 Å². The van der Waals surface area contributed by atoms with Crippen LogP contribution in [0.1, 0.15) is 50.5 Å². The van der Waals surface area contributed by atoms with Crippen molar-refractivity contribution in [3.8, 4) is 0 Å². The number of benzene rings is 1. The van der Waals surface area contributed by atoms with E-state index in [9.17, 15) is 9.59 Å². The van der Waals surface area contributed by atoms with Crippen molar-refractivity contribution in [2.24, 2.45) is 11.8 Å². The molecule has 1 saturated heterocycles. The van der Waals surface area contributed by atoms with Gasteiger partial charge in [-0.1, -0.05) is 56.5 Å². The van der Waals surface area contributed by atoms with Gasteiger partial charge >= 0.3 is 5.97 Å². The van der Waals surface area contributed by atoms with Crippen molar-refractivity contribution in [2.75, 3.05) is 12.4 Å². The number of carbonyl (C=O) groups is 2.